The van der Waals surface area contributed by atoms with Gasteiger partial charge in [-0.2, -0.15) is 0 Å². The second kappa shape index (κ2) is 7.01. The number of pyridine rings is 2. The van der Waals surface area contributed by atoms with E-state index >= 15 is 0 Å². The molecule has 0 atom stereocenters. The molecular formula is C19H19F2N3O. The van der Waals surface area contributed by atoms with Crippen LogP contribution in [0.3, 0.4) is 0 Å². The van der Waals surface area contributed by atoms with E-state index in [1.54, 1.807) is 16.8 Å². The average molecular weight is 343 g/mol. The van der Waals surface area contributed by atoms with Gasteiger partial charge in [0.2, 0.25) is 0 Å². The molecule has 3 aromatic rings. The Hall–Kier alpha value is -2.76. The second-order valence-corrected chi connectivity index (χ2v) is 6.03. The standard InChI is InChI=1S/C19H19F2N3O/c1-2-3-4-6-24-7-5-12-8-14(15(20)9-13(12)19(24)25)18-10-16(21)17(22)11-23-18/h5,7-11H,2-4,6,22H2,1H3. The van der Waals surface area contributed by atoms with Crippen molar-refractivity contribution in [1.82, 2.24) is 9.55 Å². The van der Waals surface area contributed by atoms with Crippen LogP contribution in [-0.2, 0) is 6.54 Å². The summed E-state index contributed by atoms with van der Waals surface area (Å²) < 4.78 is 29.7. The van der Waals surface area contributed by atoms with Crippen LogP contribution >= 0.6 is 0 Å². The fourth-order valence-corrected chi connectivity index (χ4v) is 2.80. The van der Waals surface area contributed by atoms with Gasteiger partial charge in [-0.3, -0.25) is 9.78 Å². The maximum Gasteiger partial charge on any atom is 0.258 e. The molecule has 0 aliphatic heterocycles. The molecule has 0 radical (unpaired) electrons. The Morgan fingerprint density at radius 2 is 1.96 bits per heavy atom. The van der Waals surface area contributed by atoms with Crippen LogP contribution in [0.2, 0.25) is 0 Å². The number of halogens is 2. The van der Waals surface area contributed by atoms with Crippen LogP contribution in [0.1, 0.15) is 26.2 Å². The summed E-state index contributed by atoms with van der Waals surface area (Å²) in [5.41, 5.74) is 5.35. The van der Waals surface area contributed by atoms with Gasteiger partial charge in [0.1, 0.15) is 11.6 Å². The van der Waals surface area contributed by atoms with Crippen molar-refractivity contribution in [2.24, 2.45) is 0 Å². The summed E-state index contributed by atoms with van der Waals surface area (Å²) in [7, 11) is 0. The lowest BCUT2D eigenvalue weighted by Crippen LogP contribution is -2.19. The van der Waals surface area contributed by atoms with Crippen molar-refractivity contribution in [3.63, 3.8) is 0 Å². The molecule has 1 aromatic carbocycles. The molecule has 0 aliphatic rings. The molecule has 3 rings (SSSR count). The third kappa shape index (κ3) is 3.38. The summed E-state index contributed by atoms with van der Waals surface area (Å²) >= 11 is 0. The van der Waals surface area contributed by atoms with Crippen LogP contribution < -0.4 is 11.3 Å². The Labute approximate surface area is 143 Å². The van der Waals surface area contributed by atoms with E-state index in [2.05, 4.69) is 11.9 Å². The van der Waals surface area contributed by atoms with Crippen molar-refractivity contribution in [3.8, 4) is 11.3 Å². The quantitative estimate of drug-likeness (QED) is 0.709. The van der Waals surface area contributed by atoms with E-state index < -0.39 is 11.6 Å². The molecule has 2 N–H and O–H groups in total. The number of nitrogens with zero attached hydrogens (tertiary/aromatic N) is 2. The van der Waals surface area contributed by atoms with E-state index in [-0.39, 0.29) is 22.5 Å². The van der Waals surface area contributed by atoms with E-state index in [1.807, 2.05) is 0 Å². The molecule has 0 saturated heterocycles. The molecule has 0 amide bonds. The van der Waals surface area contributed by atoms with E-state index in [1.165, 1.54) is 12.1 Å². The molecule has 0 unspecified atom stereocenters. The summed E-state index contributed by atoms with van der Waals surface area (Å²) in [5.74, 6) is -1.27. The molecule has 25 heavy (non-hydrogen) atoms. The normalized spacial score (nSPS) is 11.2. The van der Waals surface area contributed by atoms with Gasteiger partial charge in [-0.1, -0.05) is 19.8 Å². The zero-order valence-corrected chi connectivity index (χ0v) is 13.9. The first-order chi connectivity index (χ1) is 12.0. The van der Waals surface area contributed by atoms with E-state index in [0.717, 1.165) is 31.5 Å². The van der Waals surface area contributed by atoms with Crippen molar-refractivity contribution in [2.45, 2.75) is 32.7 Å². The Morgan fingerprint density at radius 3 is 2.68 bits per heavy atom. The molecule has 6 heteroatoms. The summed E-state index contributed by atoms with van der Waals surface area (Å²) in [5, 5.41) is 0.892. The summed E-state index contributed by atoms with van der Waals surface area (Å²) in [6.07, 6.45) is 5.85. The van der Waals surface area contributed by atoms with Crippen LogP contribution in [-0.4, -0.2) is 9.55 Å². The number of aromatic nitrogens is 2. The number of fused-ring (bicyclic) bond motifs is 1. The molecule has 4 nitrogen and oxygen atoms in total. The maximum absolute atomic E-state index is 14.5. The van der Waals surface area contributed by atoms with Crippen LogP contribution in [0.25, 0.3) is 22.0 Å². The Morgan fingerprint density at radius 1 is 1.16 bits per heavy atom. The molecule has 0 fully saturated rings. The minimum absolute atomic E-state index is 0.0973. The Balaban J connectivity index is 2.06. The smallest absolute Gasteiger partial charge is 0.258 e. The number of rotatable bonds is 5. The third-order valence-corrected chi connectivity index (χ3v) is 4.22. The molecule has 0 saturated carbocycles. The number of aryl methyl sites for hydroxylation is 1. The van der Waals surface area contributed by atoms with Gasteiger partial charge < -0.3 is 10.3 Å². The summed E-state index contributed by atoms with van der Waals surface area (Å²) in [6, 6.07) is 5.56. The SMILES string of the molecule is CCCCCn1ccc2cc(-c3cc(F)c(N)cn3)c(F)cc2c1=O. The van der Waals surface area contributed by atoms with Crippen molar-refractivity contribution >= 4 is 16.5 Å². The maximum atomic E-state index is 14.5. The zero-order chi connectivity index (χ0) is 18.0. The molecule has 2 aromatic heterocycles. The number of unbranched alkanes of at least 4 members (excludes halogenated alkanes) is 2. The first-order valence-electron chi connectivity index (χ1n) is 8.25. The first kappa shape index (κ1) is 17.1. The largest absolute Gasteiger partial charge is 0.395 e. The number of hydrogen-bond acceptors (Lipinski definition) is 3. The molecule has 0 spiro atoms. The summed E-state index contributed by atoms with van der Waals surface area (Å²) in [4.78, 5) is 16.5. The highest BCUT2D eigenvalue weighted by Crippen LogP contribution is 2.26. The van der Waals surface area contributed by atoms with Gasteiger partial charge in [-0.05, 0) is 30.0 Å². The minimum Gasteiger partial charge on any atom is -0.395 e. The third-order valence-electron chi connectivity index (χ3n) is 4.22. The highest BCUT2D eigenvalue weighted by atomic mass is 19.1. The van der Waals surface area contributed by atoms with Crippen molar-refractivity contribution in [2.75, 3.05) is 5.73 Å². The minimum atomic E-state index is -0.657. The number of hydrogen-bond donors (Lipinski definition) is 1. The van der Waals surface area contributed by atoms with E-state index in [0.29, 0.717) is 17.3 Å². The van der Waals surface area contributed by atoms with Crippen LogP contribution in [0, 0.1) is 11.6 Å². The molecular weight excluding hydrogens is 324 g/mol. The monoisotopic (exact) mass is 343 g/mol. The van der Waals surface area contributed by atoms with Crippen molar-refractivity contribution in [1.29, 1.82) is 0 Å². The van der Waals surface area contributed by atoms with Crippen molar-refractivity contribution in [3.05, 3.63) is 58.6 Å². The molecule has 0 aliphatic carbocycles. The number of nitrogens with two attached hydrogens (primary N) is 1. The predicted molar refractivity (Wildman–Crippen MR) is 95.3 cm³/mol. The van der Waals surface area contributed by atoms with Gasteiger partial charge in [0.15, 0.2) is 0 Å². The lowest BCUT2D eigenvalue weighted by atomic mass is 10.0. The fraction of sp³-hybridized carbons (Fsp3) is 0.263. The lowest BCUT2D eigenvalue weighted by molar-refractivity contribution is 0.590. The van der Waals surface area contributed by atoms with Crippen molar-refractivity contribution < 1.29 is 8.78 Å². The fourth-order valence-electron chi connectivity index (χ4n) is 2.80. The Kier molecular flexibility index (Phi) is 4.79. The predicted octanol–water partition coefficient (Wildman–Crippen LogP) is 4.11. The second-order valence-electron chi connectivity index (χ2n) is 6.03. The van der Waals surface area contributed by atoms with Gasteiger partial charge in [-0.15, -0.1) is 0 Å². The number of nitrogen functional groups attached to an aromatic ring is 1. The molecule has 0 bridgehead atoms. The highest BCUT2D eigenvalue weighted by molar-refractivity contribution is 5.86. The first-order valence-corrected chi connectivity index (χ1v) is 8.25. The van der Waals surface area contributed by atoms with Crippen LogP contribution in [0.5, 0.6) is 0 Å². The average Bonchev–Trinajstić information content (AvgIpc) is 2.60. The van der Waals surface area contributed by atoms with Gasteiger partial charge in [0.05, 0.1) is 23.0 Å². The van der Waals surface area contributed by atoms with Gasteiger partial charge in [0.25, 0.3) is 5.56 Å². The number of anilines is 1. The van der Waals surface area contributed by atoms with Gasteiger partial charge in [-0.25, -0.2) is 8.78 Å². The number of benzene rings is 1. The van der Waals surface area contributed by atoms with Gasteiger partial charge >= 0.3 is 0 Å². The topological polar surface area (TPSA) is 60.9 Å². The zero-order valence-electron chi connectivity index (χ0n) is 13.9. The summed E-state index contributed by atoms with van der Waals surface area (Å²) in [6.45, 7) is 2.70. The van der Waals surface area contributed by atoms with E-state index in [9.17, 15) is 13.6 Å². The Bertz CT molecular complexity index is 982. The molecule has 130 valence electrons. The van der Waals surface area contributed by atoms with E-state index in [4.69, 9.17) is 5.73 Å². The van der Waals surface area contributed by atoms with Crippen LogP contribution in [0.15, 0.2) is 41.5 Å². The van der Waals surface area contributed by atoms with Gasteiger partial charge in [0, 0.05) is 24.4 Å². The molecule has 2 heterocycles. The van der Waals surface area contributed by atoms with Crippen LogP contribution in [0.4, 0.5) is 14.5 Å². The highest BCUT2D eigenvalue weighted by Gasteiger charge is 2.13. The lowest BCUT2D eigenvalue weighted by Gasteiger charge is -2.09.